The van der Waals surface area contributed by atoms with E-state index in [1.54, 1.807) is 54.6 Å². The van der Waals surface area contributed by atoms with Crippen LogP contribution in [0.25, 0.3) is 6.08 Å². The molecule has 0 saturated heterocycles. The summed E-state index contributed by atoms with van der Waals surface area (Å²) in [6.07, 6.45) is 1.55. The van der Waals surface area contributed by atoms with E-state index >= 15 is 0 Å². The Kier molecular flexibility index (Phi) is 3.43. The Balaban J connectivity index is 1.95. The van der Waals surface area contributed by atoms with E-state index in [-0.39, 0.29) is 17.1 Å². The molecule has 0 fully saturated rings. The van der Waals surface area contributed by atoms with Gasteiger partial charge < -0.3 is 4.74 Å². The zero-order valence-electron chi connectivity index (χ0n) is 11.8. The standard InChI is InChI=1S/C18H12O4/c1-22-18(21)12-8-6-11(7-9-12)10-15-16(19)13-4-2-3-5-14(13)17(15)20/h2-10H,1H3. The van der Waals surface area contributed by atoms with Gasteiger partial charge in [0.1, 0.15) is 0 Å². The van der Waals surface area contributed by atoms with Crippen molar-refractivity contribution < 1.29 is 19.1 Å². The van der Waals surface area contributed by atoms with E-state index in [9.17, 15) is 14.4 Å². The second-order valence-corrected chi connectivity index (χ2v) is 4.88. The molecule has 0 N–H and O–H groups in total. The number of esters is 1. The summed E-state index contributed by atoms with van der Waals surface area (Å²) in [6, 6.07) is 13.3. The first-order valence-corrected chi connectivity index (χ1v) is 6.70. The van der Waals surface area contributed by atoms with Crippen LogP contribution >= 0.6 is 0 Å². The molecule has 2 aromatic rings. The Morgan fingerprint density at radius 3 is 1.95 bits per heavy atom. The van der Waals surface area contributed by atoms with E-state index in [4.69, 9.17) is 0 Å². The molecule has 0 saturated carbocycles. The Labute approximate surface area is 127 Å². The minimum absolute atomic E-state index is 0.145. The molecule has 0 aliphatic heterocycles. The summed E-state index contributed by atoms with van der Waals surface area (Å²) in [5.74, 6) is -0.963. The molecule has 3 rings (SSSR count). The Hall–Kier alpha value is -3.01. The minimum atomic E-state index is -0.431. The summed E-state index contributed by atoms with van der Waals surface area (Å²) in [7, 11) is 1.31. The van der Waals surface area contributed by atoms with Crippen molar-refractivity contribution in [1.82, 2.24) is 0 Å². The Morgan fingerprint density at radius 2 is 1.45 bits per heavy atom. The van der Waals surface area contributed by atoms with Crippen LogP contribution in [0.5, 0.6) is 0 Å². The van der Waals surface area contributed by atoms with Crippen LogP contribution in [0.1, 0.15) is 36.6 Å². The van der Waals surface area contributed by atoms with Gasteiger partial charge in [-0.2, -0.15) is 0 Å². The number of ether oxygens (including phenoxy) is 1. The maximum absolute atomic E-state index is 12.3. The van der Waals surface area contributed by atoms with Gasteiger partial charge in [0.15, 0.2) is 11.6 Å². The maximum atomic E-state index is 12.3. The molecule has 108 valence electrons. The lowest BCUT2D eigenvalue weighted by molar-refractivity contribution is 0.0600. The zero-order valence-corrected chi connectivity index (χ0v) is 11.8. The number of carbonyl (C=O) groups excluding carboxylic acids is 3. The molecule has 22 heavy (non-hydrogen) atoms. The molecule has 4 nitrogen and oxygen atoms in total. The van der Waals surface area contributed by atoms with Gasteiger partial charge in [-0.15, -0.1) is 0 Å². The third-order valence-corrected chi connectivity index (χ3v) is 3.55. The molecule has 0 spiro atoms. The predicted molar refractivity (Wildman–Crippen MR) is 80.9 cm³/mol. The lowest BCUT2D eigenvalue weighted by Crippen LogP contribution is -2.01. The third kappa shape index (κ3) is 2.24. The van der Waals surface area contributed by atoms with Crippen molar-refractivity contribution >= 4 is 23.6 Å². The fourth-order valence-electron chi connectivity index (χ4n) is 2.40. The van der Waals surface area contributed by atoms with Crippen molar-refractivity contribution in [2.75, 3.05) is 7.11 Å². The molecular weight excluding hydrogens is 280 g/mol. The average molecular weight is 292 g/mol. The number of rotatable bonds is 2. The number of methoxy groups -OCH3 is 1. The number of hydrogen-bond acceptors (Lipinski definition) is 4. The summed E-state index contributed by atoms with van der Waals surface area (Å²) in [5, 5.41) is 0. The summed E-state index contributed by atoms with van der Waals surface area (Å²) < 4.78 is 4.62. The van der Waals surface area contributed by atoms with Crippen molar-refractivity contribution in [2.45, 2.75) is 0 Å². The van der Waals surface area contributed by atoms with E-state index in [1.165, 1.54) is 7.11 Å². The highest BCUT2D eigenvalue weighted by molar-refractivity contribution is 6.41. The first kappa shape index (κ1) is 13.9. The summed E-state index contributed by atoms with van der Waals surface area (Å²) in [5.41, 5.74) is 2.11. The SMILES string of the molecule is COC(=O)c1ccc(C=C2C(=O)c3ccccc3C2=O)cc1. The lowest BCUT2D eigenvalue weighted by atomic mass is 10.1. The number of Topliss-reactive ketones (excluding diaryl/α,β-unsaturated/α-hetero) is 2. The van der Waals surface area contributed by atoms with Crippen LogP contribution in [0.15, 0.2) is 54.1 Å². The molecule has 0 radical (unpaired) electrons. The average Bonchev–Trinajstić information content (AvgIpc) is 2.80. The van der Waals surface area contributed by atoms with Crippen molar-refractivity contribution in [3.05, 3.63) is 76.4 Å². The van der Waals surface area contributed by atoms with E-state index in [0.717, 1.165) is 0 Å². The number of ketones is 2. The molecule has 0 atom stereocenters. The smallest absolute Gasteiger partial charge is 0.337 e. The summed E-state index contributed by atoms with van der Waals surface area (Å²) in [6.45, 7) is 0. The fourth-order valence-corrected chi connectivity index (χ4v) is 2.40. The van der Waals surface area contributed by atoms with E-state index in [2.05, 4.69) is 4.74 Å². The molecule has 0 aromatic heterocycles. The maximum Gasteiger partial charge on any atom is 0.337 e. The van der Waals surface area contributed by atoms with Gasteiger partial charge in [-0.1, -0.05) is 36.4 Å². The molecule has 0 bridgehead atoms. The van der Waals surface area contributed by atoms with Gasteiger partial charge in [0.05, 0.1) is 18.2 Å². The van der Waals surface area contributed by atoms with Gasteiger partial charge >= 0.3 is 5.97 Å². The highest BCUT2D eigenvalue weighted by atomic mass is 16.5. The first-order chi connectivity index (χ1) is 10.6. The van der Waals surface area contributed by atoms with E-state index in [1.807, 2.05) is 0 Å². The van der Waals surface area contributed by atoms with Crippen LogP contribution < -0.4 is 0 Å². The van der Waals surface area contributed by atoms with E-state index < -0.39 is 5.97 Å². The van der Waals surface area contributed by atoms with Gasteiger partial charge in [-0.3, -0.25) is 9.59 Å². The van der Waals surface area contributed by atoms with Crippen LogP contribution in [-0.4, -0.2) is 24.6 Å². The number of carbonyl (C=O) groups is 3. The largest absolute Gasteiger partial charge is 0.465 e. The summed E-state index contributed by atoms with van der Waals surface area (Å²) in [4.78, 5) is 35.9. The van der Waals surface area contributed by atoms with E-state index in [0.29, 0.717) is 22.3 Å². The number of allylic oxidation sites excluding steroid dienone is 1. The minimum Gasteiger partial charge on any atom is -0.465 e. The van der Waals surface area contributed by atoms with Crippen LogP contribution in [0.2, 0.25) is 0 Å². The van der Waals surface area contributed by atoms with Crippen LogP contribution in [0, 0.1) is 0 Å². The molecule has 0 amide bonds. The van der Waals surface area contributed by atoms with Gasteiger partial charge in [-0.25, -0.2) is 4.79 Å². The Morgan fingerprint density at radius 1 is 0.909 bits per heavy atom. The normalized spacial score (nSPS) is 13.0. The van der Waals surface area contributed by atoms with Crippen LogP contribution in [-0.2, 0) is 4.74 Å². The fraction of sp³-hybridized carbons (Fsp3) is 0.0556. The molecule has 0 heterocycles. The Bertz CT molecular complexity index is 776. The van der Waals surface area contributed by atoms with Crippen LogP contribution in [0.4, 0.5) is 0 Å². The quantitative estimate of drug-likeness (QED) is 0.485. The molecule has 4 heteroatoms. The predicted octanol–water partition coefficient (Wildman–Crippen LogP) is 2.94. The van der Waals surface area contributed by atoms with Crippen molar-refractivity contribution in [2.24, 2.45) is 0 Å². The highest BCUT2D eigenvalue weighted by Crippen LogP contribution is 2.27. The number of fused-ring (bicyclic) bond motifs is 1. The first-order valence-electron chi connectivity index (χ1n) is 6.70. The van der Waals surface area contributed by atoms with Gasteiger partial charge in [0, 0.05) is 11.1 Å². The molecule has 2 aromatic carbocycles. The number of hydrogen-bond donors (Lipinski definition) is 0. The van der Waals surface area contributed by atoms with Crippen molar-refractivity contribution in [1.29, 1.82) is 0 Å². The second-order valence-electron chi connectivity index (χ2n) is 4.88. The molecule has 1 aliphatic rings. The van der Waals surface area contributed by atoms with Gasteiger partial charge in [0.25, 0.3) is 0 Å². The molecule has 1 aliphatic carbocycles. The van der Waals surface area contributed by atoms with Gasteiger partial charge in [-0.05, 0) is 23.8 Å². The number of benzene rings is 2. The summed E-state index contributed by atoms with van der Waals surface area (Å²) >= 11 is 0. The third-order valence-electron chi connectivity index (χ3n) is 3.55. The topological polar surface area (TPSA) is 60.4 Å². The van der Waals surface area contributed by atoms with Gasteiger partial charge in [0.2, 0.25) is 0 Å². The molecule has 0 unspecified atom stereocenters. The monoisotopic (exact) mass is 292 g/mol. The lowest BCUT2D eigenvalue weighted by Gasteiger charge is -2.00. The zero-order chi connectivity index (χ0) is 15.7. The molecular formula is C18H12O4. The van der Waals surface area contributed by atoms with Crippen LogP contribution in [0.3, 0.4) is 0 Å². The second kappa shape index (κ2) is 5.41. The van der Waals surface area contributed by atoms with Crippen molar-refractivity contribution in [3.8, 4) is 0 Å². The van der Waals surface area contributed by atoms with Crippen molar-refractivity contribution in [3.63, 3.8) is 0 Å². The highest BCUT2D eigenvalue weighted by Gasteiger charge is 2.32.